The van der Waals surface area contributed by atoms with Crippen molar-refractivity contribution in [2.24, 2.45) is 12.2 Å². The SMILES string of the molecule is Cn1nccc1CNC(=O)C1(C)CC(c2ccccc2Cl)=NO1. The molecule has 1 aromatic heterocycles. The Morgan fingerprint density at radius 2 is 2.22 bits per heavy atom. The Kier molecular flexibility index (Phi) is 4.09. The van der Waals surface area contributed by atoms with Crippen LogP contribution in [0.5, 0.6) is 0 Å². The molecule has 6 nitrogen and oxygen atoms in total. The molecule has 0 radical (unpaired) electrons. The van der Waals surface area contributed by atoms with E-state index < -0.39 is 5.60 Å². The van der Waals surface area contributed by atoms with Gasteiger partial charge in [0.25, 0.3) is 5.91 Å². The molecule has 1 aliphatic rings. The monoisotopic (exact) mass is 332 g/mol. The van der Waals surface area contributed by atoms with Crippen molar-refractivity contribution in [3.63, 3.8) is 0 Å². The van der Waals surface area contributed by atoms with Gasteiger partial charge in [0, 0.05) is 30.3 Å². The summed E-state index contributed by atoms with van der Waals surface area (Å²) in [5.41, 5.74) is 1.34. The van der Waals surface area contributed by atoms with Crippen molar-refractivity contribution in [3.8, 4) is 0 Å². The van der Waals surface area contributed by atoms with Crippen LogP contribution in [0.2, 0.25) is 5.02 Å². The predicted molar refractivity (Wildman–Crippen MR) is 87.2 cm³/mol. The lowest BCUT2D eigenvalue weighted by atomic mass is 9.95. The first-order chi connectivity index (χ1) is 11.0. The molecule has 0 saturated carbocycles. The van der Waals surface area contributed by atoms with Gasteiger partial charge in [0.2, 0.25) is 5.60 Å². The average molecular weight is 333 g/mol. The smallest absolute Gasteiger partial charge is 0.267 e. The highest BCUT2D eigenvalue weighted by atomic mass is 35.5. The number of carbonyl (C=O) groups is 1. The third-order valence-corrected chi connectivity index (χ3v) is 4.21. The van der Waals surface area contributed by atoms with Crippen molar-refractivity contribution in [2.45, 2.75) is 25.5 Å². The molecule has 2 aromatic rings. The van der Waals surface area contributed by atoms with Gasteiger partial charge >= 0.3 is 0 Å². The summed E-state index contributed by atoms with van der Waals surface area (Å²) < 4.78 is 1.71. The standard InChI is InChI=1S/C16H17ClN4O2/c1-16(15(22)18-10-11-7-8-19-21(11)2)9-14(20-23-16)12-5-3-4-6-13(12)17/h3-8H,9-10H2,1-2H3,(H,18,22). The van der Waals surface area contributed by atoms with E-state index in [2.05, 4.69) is 15.6 Å². The van der Waals surface area contributed by atoms with Crippen LogP contribution in [-0.2, 0) is 23.2 Å². The maximum absolute atomic E-state index is 12.5. The second-order valence-corrected chi connectivity index (χ2v) is 6.05. The summed E-state index contributed by atoms with van der Waals surface area (Å²) in [7, 11) is 1.83. The van der Waals surface area contributed by atoms with E-state index in [4.69, 9.17) is 16.4 Å². The summed E-state index contributed by atoms with van der Waals surface area (Å²) in [6.45, 7) is 2.11. The highest BCUT2D eigenvalue weighted by molar-refractivity contribution is 6.34. The second kappa shape index (κ2) is 6.04. The van der Waals surface area contributed by atoms with Gasteiger partial charge in [-0.1, -0.05) is 35.0 Å². The van der Waals surface area contributed by atoms with Crippen molar-refractivity contribution < 1.29 is 9.63 Å². The number of nitrogens with zero attached hydrogens (tertiary/aromatic N) is 3. The van der Waals surface area contributed by atoms with E-state index >= 15 is 0 Å². The summed E-state index contributed by atoms with van der Waals surface area (Å²) in [4.78, 5) is 17.9. The minimum atomic E-state index is -1.03. The van der Waals surface area contributed by atoms with Crippen molar-refractivity contribution in [1.29, 1.82) is 0 Å². The number of aromatic nitrogens is 2. The molecule has 1 unspecified atom stereocenters. The molecule has 0 bridgehead atoms. The minimum absolute atomic E-state index is 0.218. The van der Waals surface area contributed by atoms with Crippen LogP contribution in [0.3, 0.4) is 0 Å². The molecular formula is C16H17ClN4O2. The zero-order valence-corrected chi connectivity index (χ0v) is 13.7. The van der Waals surface area contributed by atoms with Gasteiger partial charge in [-0.3, -0.25) is 9.48 Å². The van der Waals surface area contributed by atoms with Crippen LogP contribution < -0.4 is 5.32 Å². The van der Waals surface area contributed by atoms with E-state index in [1.165, 1.54) is 0 Å². The van der Waals surface area contributed by atoms with Crippen molar-refractivity contribution in [3.05, 3.63) is 52.8 Å². The summed E-state index contributed by atoms with van der Waals surface area (Å²) in [5.74, 6) is -0.218. The normalized spacial score (nSPS) is 20.0. The number of hydrogen-bond donors (Lipinski definition) is 1. The molecule has 0 spiro atoms. The number of rotatable bonds is 4. The van der Waals surface area contributed by atoms with Gasteiger partial charge in [0.1, 0.15) is 0 Å². The molecule has 120 valence electrons. The first-order valence-electron chi connectivity index (χ1n) is 7.25. The fourth-order valence-electron chi connectivity index (χ4n) is 2.43. The van der Waals surface area contributed by atoms with Gasteiger partial charge in [-0.25, -0.2) is 0 Å². The van der Waals surface area contributed by atoms with Gasteiger partial charge < -0.3 is 10.2 Å². The first kappa shape index (κ1) is 15.6. The molecule has 1 N–H and O–H groups in total. The number of benzene rings is 1. The van der Waals surface area contributed by atoms with Gasteiger partial charge in [-0.05, 0) is 19.1 Å². The van der Waals surface area contributed by atoms with Crippen LogP contribution in [0.1, 0.15) is 24.6 Å². The molecule has 3 rings (SSSR count). The van der Waals surface area contributed by atoms with Gasteiger partial charge in [-0.2, -0.15) is 5.10 Å². The first-order valence-corrected chi connectivity index (χ1v) is 7.62. The largest absolute Gasteiger partial charge is 0.379 e. The quantitative estimate of drug-likeness (QED) is 0.933. The highest BCUT2D eigenvalue weighted by Gasteiger charge is 2.42. The molecule has 1 aliphatic heterocycles. The molecule has 1 aromatic carbocycles. The highest BCUT2D eigenvalue weighted by Crippen LogP contribution is 2.29. The average Bonchev–Trinajstić information content (AvgIpc) is 3.12. The Morgan fingerprint density at radius 3 is 2.91 bits per heavy atom. The summed E-state index contributed by atoms with van der Waals surface area (Å²) in [6.07, 6.45) is 2.06. The van der Waals surface area contributed by atoms with E-state index in [1.54, 1.807) is 23.9 Å². The van der Waals surface area contributed by atoms with Crippen molar-refractivity contribution in [2.75, 3.05) is 0 Å². The fourth-order valence-corrected chi connectivity index (χ4v) is 2.68. The molecule has 1 atom stereocenters. The minimum Gasteiger partial charge on any atom is -0.379 e. The Hall–Kier alpha value is -2.34. The van der Waals surface area contributed by atoms with Crippen LogP contribution in [0.4, 0.5) is 0 Å². The fraction of sp³-hybridized carbons (Fsp3) is 0.312. The summed E-state index contributed by atoms with van der Waals surface area (Å²) in [5, 5.41) is 11.6. The van der Waals surface area contributed by atoms with Gasteiger partial charge in [0.05, 0.1) is 18.0 Å². The van der Waals surface area contributed by atoms with Crippen LogP contribution in [-0.4, -0.2) is 27.0 Å². The molecular weight excluding hydrogens is 316 g/mol. The zero-order chi connectivity index (χ0) is 16.4. The lowest BCUT2D eigenvalue weighted by Crippen LogP contribution is -2.44. The second-order valence-electron chi connectivity index (χ2n) is 5.65. The van der Waals surface area contributed by atoms with Crippen LogP contribution in [0.15, 0.2) is 41.7 Å². The lowest BCUT2D eigenvalue weighted by Gasteiger charge is -2.20. The Labute approximate surface area is 139 Å². The summed E-state index contributed by atoms with van der Waals surface area (Å²) in [6, 6.07) is 9.23. The maximum atomic E-state index is 12.5. The molecule has 1 amide bonds. The molecule has 2 heterocycles. The van der Waals surface area contributed by atoms with Crippen LogP contribution >= 0.6 is 11.6 Å². The molecule has 23 heavy (non-hydrogen) atoms. The van der Waals surface area contributed by atoms with E-state index in [0.29, 0.717) is 23.7 Å². The maximum Gasteiger partial charge on any atom is 0.267 e. The van der Waals surface area contributed by atoms with E-state index in [9.17, 15) is 4.79 Å². The number of amides is 1. The number of oxime groups is 1. The Balaban J connectivity index is 1.66. The van der Waals surface area contributed by atoms with E-state index in [0.717, 1.165) is 11.3 Å². The number of aryl methyl sites for hydroxylation is 1. The number of nitrogens with one attached hydrogen (secondary N) is 1. The van der Waals surface area contributed by atoms with Crippen molar-refractivity contribution in [1.82, 2.24) is 15.1 Å². The molecule has 7 heteroatoms. The Bertz CT molecular complexity index is 771. The van der Waals surface area contributed by atoms with E-state index in [-0.39, 0.29) is 5.91 Å². The lowest BCUT2D eigenvalue weighted by molar-refractivity contribution is -0.141. The third kappa shape index (κ3) is 3.07. The third-order valence-electron chi connectivity index (χ3n) is 3.88. The zero-order valence-electron chi connectivity index (χ0n) is 12.9. The van der Waals surface area contributed by atoms with E-state index in [1.807, 2.05) is 31.3 Å². The number of halogens is 1. The van der Waals surface area contributed by atoms with Crippen molar-refractivity contribution >= 4 is 23.2 Å². The van der Waals surface area contributed by atoms with Gasteiger partial charge in [0.15, 0.2) is 0 Å². The Morgan fingerprint density at radius 1 is 1.43 bits per heavy atom. The molecule has 0 fully saturated rings. The summed E-state index contributed by atoms with van der Waals surface area (Å²) >= 11 is 6.18. The van der Waals surface area contributed by atoms with Gasteiger partial charge in [-0.15, -0.1) is 0 Å². The molecule has 0 saturated heterocycles. The number of carbonyl (C=O) groups excluding carboxylic acids is 1. The molecule has 0 aliphatic carbocycles. The predicted octanol–water partition coefficient (Wildman–Crippen LogP) is 2.27. The number of hydrogen-bond acceptors (Lipinski definition) is 4. The van der Waals surface area contributed by atoms with Crippen LogP contribution in [0, 0.1) is 0 Å². The van der Waals surface area contributed by atoms with Crippen LogP contribution in [0.25, 0.3) is 0 Å². The topological polar surface area (TPSA) is 68.5 Å².